The predicted molar refractivity (Wildman–Crippen MR) is 81.8 cm³/mol. The fraction of sp³-hybridized carbons (Fsp3) is 0.400. The highest BCUT2D eigenvalue weighted by Gasteiger charge is 2.15. The average Bonchev–Trinajstić information content (AvgIpc) is 2.77. The molecule has 0 aliphatic carbocycles. The van der Waals surface area contributed by atoms with Crippen LogP contribution in [-0.4, -0.2) is 19.2 Å². The maximum atomic E-state index is 6.30. The summed E-state index contributed by atoms with van der Waals surface area (Å²) in [7, 11) is 3.27. The van der Waals surface area contributed by atoms with Crippen molar-refractivity contribution in [1.82, 2.24) is 4.98 Å². The number of benzene rings is 1. The Bertz CT molecular complexity index is 596. The zero-order chi connectivity index (χ0) is 14.7. The van der Waals surface area contributed by atoms with Gasteiger partial charge in [-0.25, -0.2) is 4.98 Å². The van der Waals surface area contributed by atoms with Gasteiger partial charge in [-0.05, 0) is 38.0 Å². The second-order valence-corrected chi connectivity index (χ2v) is 5.92. The first-order valence-electron chi connectivity index (χ1n) is 6.45. The molecule has 0 saturated carbocycles. The van der Waals surface area contributed by atoms with Crippen LogP contribution in [0.25, 0.3) is 0 Å². The number of aryl methyl sites for hydroxylation is 2. The normalized spacial score (nSPS) is 12.2. The maximum absolute atomic E-state index is 6.30. The number of hydrogen-bond donors (Lipinski definition) is 1. The van der Waals surface area contributed by atoms with E-state index in [2.05, 4.69) is 4.98 Å². The topological polar surface area (TPSA) is 57.4 Å². The van der Waals surface area contributed by atoms with E-state index in [0.29, 0.717) is 0 Å². The van der Waals surface area contributed by atoms with E-state index in [1.54, 1.807) is 25.6 Å². The van der Waals surface area contributed by atoms with Gasteiger partial charge >= 0.3 is 0 Å². The minimum Gasteiger partial charge on any atom is -0.493 e. The lowest BCUT2D eigenvalue weighted by Crippen LogP contribution is -2.13. The molecule has 1 aromatic carbocycles. The van der Waals surface area contributed by atoms with Crippen LogP contribution < -0.4 is 15.2 Å². The molecule has 2 N–H and O–H groups in total. The molecule has 4 nitrogen and oxygen atoms in total. The molecular formula is C15H20N2O2S. The van der Waals surface area contributed by atoms with Gasteiger partial charge in [0.05, 0.1) is 24.9 Å². The third-order valence-electron chi connectivity index (χ3n) is 3.18. The summed E-state index contributed by atoms with van der Waals surface area (Å²) in [4.78, 5) is 5.58. The smallest absolute Gasteiger partial charge is 0.160 e. The van der Waals surface area contributed by atoms with E-state index >= 15 is 0 Å². The van der Waals surface area contributed by atoms with Crippen molar-refractivity contribution in [2.45, 2.75) is 26.3 Å². The fourth-order valence-electron chi connectivity index (χ4n) is 2.25. The first-order valence-corrected chi connectivity index (χ1v) is 7.27. The third kappa shape index (κ3) is 3.11. The lowest BCUT2D eigenvalue weighted by atomic mass is 10.0. The molecule has 0 bridgehead atoms. The van der Waals surface area contributed by atoms with Gasteiger partial charge in [0.1, 0.15) is 0 Å². The summed E-state index contributed by atoms with van der Waals surface area (Å²) >= 11 is 1.67. The van der Waals surface area contributed by atoms with Crippen molar-refractivity contribution in [3.8, 4) is 11.5 Å². The Labute approximate surface area is 123 Å². The molecule has 20 heavy (non-hydrogen) atoms. The van der Waals surface area contributed by atoms with Crippen molar-refractivity contribution in [3.63, 3.8) is 0 Å². The van der Waals surface area contributed by atoms with Gasteiger partial charge in [-0.3, -0.25) is 0 Å². The van der Waals surface area contributed by atoms with Crippen molar-refractivity contribution in [2.24, 2.45) is 5.73 Å². The predicted octanol–water partition coefficient (Wildman–Crippen LogP) is 3.02. The van der Waals surface area contributed by atoms with Crippen LogP contribution in [-0.2, 0) is 6.42 Å². The van der Waals surface area contributed by atoms with Crippen molar-refractivity contribution in [1.29, 1.82) is 0 Å². The Morgan fingerprint density at radius 3 is 2.45 bits per heavy atom. The largest absolute Gasteiger partial charge is 0.493 e. The Balaban J connectivity index is 2.19. The molecule has 0 aliphatic heterocycles. The van der Waals surface area contributed by atoms with Crippen LogP contribution in [0, 0.1) is 13.8 Å². The molecule has 0 spiro atoms. The Hall–Kier alpha value is -1.59. The minimum absolute atomic E-state index is 0.0423. The SMILES string of the molecule is COc1ccc(CC(N)c2sc(C)nc2C)cc1OC. The number of thiazole rings is 1. The number of ether oxygens (including phenoxy) is 2. The van der Waals surface area contributed by atoms with E-state index < -0.39 is 0 Å². The first-order chi connectivity index (χ1) is 9.55. The van der Waals surface area contributed by atoms with Crippen LogP contribution in [0.15, 0.2) is 18.2 Å². The van der Waals surface area contributed by atoms with E-state index in [4.69, 9.17) is 15.2 Å². The highest BCUT2D eigenvalue weighted by Crippen LogP contribution is 2.30. The second-order valence-electron chi connectivity index (χ2n) is 4.68. The Morgan fingerprint density at radius 1 is 1.20 bits per heavy atom. The molecule has 0 saturated heterocycles. The molecule has 1 heterocycles. The lowest BCUT2D eigenvalue weighted by molar-refractivity contribution is 0.354. The van der Waals surface area contributed by atoms with Gasteiger partial charge in [-0.15, -0.1) is 11.3 Å². The van der Waals surface area contributed by atoms with E-state index in [-0.39, 0.29) is 6.04 Å². The van der Waals surface area contributed by atoms with Gasteiger partial charge in [0.2, 0.25) is 0 Å². The molecule has 1 unspecified atom stereocenters. The van der Waals surface area contributed by atoms with Gasteiger partial charge in [0, 0.05) is 10.9 Å². The Kier molecular flexibility index (Phi) is 4.62. The van der Waals surface area contributed by atoms with Crippen LogP contribution >= 0.6 is 11.3 Å². The average molecular weight is 292 g/mol. The van der Waals surface area contributed by atoms with E-state index in [0.717, 1.165) is 39.1 Å². The summed E-state index contributed by atoms with van der Waals surface area (Å²) in [5.74, 6) is 1.46. The maximum Gasteiger partial charge on any atom is 0.160 e. The second kappa shape index (κ2) is 6.24. The van der Waals surface area contributed by atoms with E-state index in [1.807, 2.05) is 32.0 Å². The van der Waals surface area contributed by atoms with Crippen molar-refractivity contribution < 1.29 is 9.47 Å². The number of nitrogens with two attached hydrogens (primary N) is 1. The van der Waals surface area contributed by atoms with Crippen LogP contribution in [0.1, 0.15) is 27.2 Å². The summed E-state index contributed by atoms with van der Waals surface area (Å²) in [5.41, 5.74) is 8.46. The fourth-order valence-corrected chi connectivity index (χ4v) is 3.17. The van der Waals surface area contributed by atoms with Gasteiger partial charge in [-0.2, -0.15) is 0 Å². The number of aromatic nitrogens is 1. The molecule has 1 aromatic heterocycles. The minimum atomic E-state index is -0.0423. The van der Waals surface area contributed by atoms with Crippen molar-refractivity contribution >= 4 is 11.3 Å². The third-order valence-corrected chi connectivity index (χ3v) is 4.38. The standard InChI is InChI=1S/C15H20N2O2S/c1-9-15(20-10(2)17-9)12(16)7-11-5-6-13(18-3)14(8-11)19-4/h5-6,8,12H,7,16H2,1-4H3. The number of rotatable bonds is 5. The van der Waals surface area contributed by atoms with Gasteiger partial charge in [0.15, 0.2) is 11.5 Å². The molecule has 1 atom stereocenters. The van der Waals surface area contributed by atoms with Crippen molar-refractivity contribution in [2.75, 3.05) is 14.2 Å². The van der Waals surface area contributed by atoms with Crippen LogP contribution in [0.5, 0.6) is 11.5 Å². The quantitative estimate of drug-likeness (QED) is 0.920. The molecule has 5 heteroatoms. The van der Waals surface area contributed by atoms with Crippen LogP contribution in [0.2, 0.25) is 0 Å². The molecule has 0 aliphatic rings. The monoisotopic (exact) mass is 292 g/mol. The van der Waals surface area contributed by atoms with Crippen molar-refractivity contribution in [3.05, 3.63) is 39.3 Å². The summed E-state index contributed by atoms with van der Waals surface area (Å²) in [6.45, 7) is 4.01. The van der Waals surface area contributed by atoms with Gasteiger partial charge < -0.3 is 15.2 Å². The zero-order valence-electron chi connectivity index (χ0n) is 12.3. The highest BCUT2D eigenvalue weighted by molar-refractivity contribution is 7.11. The molecule has 2 aromatic rings. The highest BCUT2D eigenvalue weighted by atomic mass is 32.1. The number of methoxy groups -OCH3 is 2. The summed E-state index contributed by atoms with van der Waals surface area (Å²) in [6.07, 6.45) is 0.753. The first kappa shape index (κ1) is 14.8. The summed E-state index contributed by atoms with van der Waals surface area (Å²) < 4.78 is 10.6. The van der Waals surface area contributed by atoms with Gasteiger partial charge in [-0.1, -0.05) is 6.07 Å². The van der Waals surface area contributed by atoms with E-state index in [9.17, 15) is 0 Å². The van der Waals surface area contributed by atoms with E-state index in [1.165, 1.54) is 0 Å². The molecule has 2 rings (SSSR count). The molecule has 0 radical (unpaired) electrons. The van der Waals surface area contributed by atoms with Crippen LogP contribution in [0.4, 0.5) is 0 Å². The zero-order valence-corrected chi connectivity index (χ0v) is 13.1. The molecular weight excluding hydrogens is 272 g/mol. The van der Waals surface area contributed by atoms with Crippen LogP contribution in [0.3, 0.4) is 0 Å². The molecule has 0 fully saturated rings. The summed E-state index contributed by atoms with van der Waals surface area (Å²) in [5, 5.41) is 1.06. The molecule has 0 amide bonds. The number of hydrogen-bond acceptors (Lipinski definition) is 5. The van der Waals surface area contributed by atoms with Gasteiger partial charge in [0.25, 0.3) is 0 Å². The number of nitrogens with zero attached hydrogens (tertiary/aromatic N) is 1. The Morgan fingerprint density at radius 2 is 1.90 bits per heavy atom. The summed E-state index contributed by atoms with van der Waals surface area (Å²) in [6, 6.07) is 5.86. The molecule has 108 valence electrons. The lowest BCUT2D eigenvalue weighted by Gasteiger charge is -2.13.